The average molecular weight is 114 g/mol. The van der Waals surface area contributed by atoms with Crippen molar-refractivity contribution in [2.45, 2.75) is 25.4 Å². The Labute approximate surface area is 48.8 Å². The van der Waals surface area contributed by atoms with Gasteiger partial charge in [-0.1, -0.05) is 0 Å². The van der Waals surface area contributed by atoms with Crippen LogP contribution in [0.3, 0.4) is 0 Å². The molecule has 0 bridgehead atoms. The first kappa shape index (κ1) is 5.76. The second-order valence-electron chi connectivity index (χ2n) is 2.04. The Morgan fingerprint density at radius 3 is 2.75 bits per heavy atom. The third kappa shape index (κ3) is 1.30. The molecule has 1 saturated heterocycles. The van der Waals surface area contributed by atoms with Crippen LogP contribution in [0.5, 0.6) is 0 Å². The van der Waals surface area contributed by atoms with Crippen molar-refractivity contribution in [1.82, 2.24) is 0 Å². The van der Waals surface area contributed by atoms with E-state index in [4.69, 9.17) is 4.74 Å². The Bertz CT molecular complexity index is 74.6. The summed E-state index contributed by atoms with van der Waals surface area (Å²) in [6.45, 7) is 0.767. The lowest BCUT2D eigenvalue weighted by atomic mass is 10.1. The summed E-state index contributed by atoms with van der Waals surface area (Å²) in [4.78, 5) is 10.0. The van der Waals surface area contributed by atoms with Crippen molar-refractivity contribution < 1.29 is 9.53 Å². The zero-order valence-electron chi connectivity index (χ0n) is 4.80. The van der Waals surface area contributed by atoms with Gasteiger partial charge in [0.25, 0.3) is 0 Å². The monoisotopic (exact) mass is 114 g/mol. The minimum Gasteiger partial charge on any atom is -0.371 e. The lowest BCUT2D eigenvalue weighted by Crippen LogP contribution is -2.19. The summed E-state index contributed by atoms with van der Waals surface area (Å²) < 4.78 is 5.06. The Hall–Kier alpha value is -0.370. The first-order valence-corrected chi connectivity index (χ1v) is 3.00. The number of carbonyl (C=O) groups is 1. The van der Waals surface area contributed by atoms with Crippen molar-refractivity contribution in [2.24, 2.45) is 0 Å². The van der Waals surface area contributed by atoms with Crippen LogP contribution in [0.4, 0.5) is 0 Å². The first-order valence-electron chi connectivity index (χ1n) is 3.00. The smallest absolute Gasteiger partial charge is 0.148 e. The molecule has 8 heavy (non-hydrogen) atoms. The molecule has 0 aromatic heterocycles. The number of hydrogen-bond acceptors (Lipinski definition) is 2. The molecule has 0 aliphatic carbocycles. The van der Waals surface area contributed by atoms with Gasteiger partial charge in [-0.2, -0.15) is 0 Å². The quantitative estimate of drug-likeness (QED) is 0.470. The van der Waals surface area contributed by atoms with Crippen LogP contribution in [0.15, 0.2) is 0 Å². The lowest BCUT2D eigenvalue weighted by molar-refractivity contribution is -0.120. The molecular formula is C6H10O2. The molecular weight excluding hydrogens is 104 g/mol. The molecule has 1 heterocycles. The molecule has 0 radical (unpaired) electrons. The average Bonchev–Trinajstić information content (AvgIpc) is 1.90. The summed E-state index contributed by atoms with van der Waals surface area (Å²) in [5.41, 5.74) is 0. The van der Waals surface area contributed by atoms with E-state index in [0.29, 0.717) is 0 Å². The highest BCUT2D eigenvalue weighted by atomic mass is 16.5. The maximum Gasteiger partial charge on any atom is 0.148 e. The minimum atomic E-state index is -0.0938. The zero-order chi connectivity index (χ0) is 5.82. The van der Waals surface area contributed by atoms with Gasteiger partial charge in [-0.25, -0.2) is 0 Å². The summed E-state index contributed by atoms with van der Waals surface area (Å²) in [6, 6.07) is 0. The molecule has 0 spiro atoms. The molecule has 1 fully saturated rings. The molecule has 1 aliphatic rings. The minimum absolute atomic E-state index is 0.0938. The van der Waals surface area contributed by atoms with Gasteiger partial charge in [0, 0.05) is 6.61 Å². The summed E-state index contributed by atoms with van der Waals surface area (Å²) in [5.74, 6) is 0. The van der Waals surface area contributed by atoms with E-state index in [9.17, 15) is 4.79 Å². The summed E-state index contributed by atoms with van der Waals surface area (Å²) >= 11 is 0. The van der Waals surface area contributed by atoms with Crippen LogP contribution in [0.1, 0.15) is 19.3 Å². The molecule has 1 rings (SSSR count). The van der Waals surface area contributed by atoms with Crippen LogP contribution in [-0.2, 0) is 9.53 Å². The number of ether oxygens (including phenoxy) is 1. The molecule has 46 valence electrons. The molecule has 0 amide bonds. The zero-order valence-corrected chi connectivity index (χ0v) is 4.80. The van der Waals surface area contributed by atoms with E-state index >= 15 is 0 Å². The van der Waals surface area contributed by atoms with Crippen LogP contribution in [-0.4, -0.2) is 19.0 Å². The lowest BCUT2D eigenvalue weighted by Gasteiger charge is -2.16. The number of hydrogen-bond donors (Lipinski definition) is 0. The Kier molecular flexibility index (Phi) is 2.03. The van der Waals surface area contributed by atoms with E-state index < -0.39 is 0 Å². The molecule has 1 atom stereocenters. The van der Waals surface area contributed by atoms with Gasteiger partial charge in [-0.3, -0.25) is 0 Å². The van der Waals surface area contributed by atoms with E-state index in [0.717, 1.165) is 32.2 Å². The highest BCUT2D eigenvalue weighted by molar-refractivity contribution is 5.55. The highest BCUT2D eigenvalue weighted by Crippen LogP contribution is 2.09. The van der Waals surface area contributed by atoms with Crippen molar-refractivity contribution in [2.75, 3.05) is 6.61 Å². The van der Waals surface area contributed by atoms with E-state index in [1.54, 1.807) is 0 Å². The van der Waals surface area contributed by atoms with E-state index in [-0.39, 0.29) is 6.10 Å². The van der Waals surface area contributed by atoms with Gasteiger partial charge in [-0.05, 0) is 19.3 Å². The number of rotatable bonds is 1. The summed E-state index contributed by atoms with van der Waals surface area (Å²) in [7, 11) is 0. The van der Waals surface area contributed by atoms with Crippen molar-refractivity contribution in [1.29, 1.82) is 0 Å². The van der Waals surface area contributed by atoms with Crippen LogP contribution in [0.25, 0.3) is 0 Å². The van der Waals surface area contributed by atoms with Gasteiger partial charge in [-0.15, -0.1) is 0 Å². The summed E-state index contributed by atoms with van der Waals surface area (Å²) in [5, 5.41) is 0. The third-order valence-electron chi connectivity index (χ3n) is 1.37. The molecule has 2 nitrogen and oxygen atoms in total. The van der Waals surface area contributed by atoms with Crippen LogP contribution < -0.4 is 0 Å². The molecule has 0 aromatic rings. The second-order valence-corrected chi connectivity index (χ2v) is 2.04. The molecule has 2 heteroatoms. The van der Waals surface area contributed by atoms with Gasteiger partial charge in [0.15, 0.2) is 0 Å². The fourth-order valence-corrected chi connectivity index (χ4v) is 0.873. The molecule has 0 unspecified atom stereocenters. The molecule has 0 N–H and O–H groups in total. The fraction of sp³-hybridized carbons (Fsp3) is 0.833. The van der Waals surface area contributed by atoms with Gasteiger partial charge < -0.3 is 9.53 Å². The van der Waals surface area contributed by atoms with E-state index in [1.165, 1.54) is 0 Å². The standard InChI is InChI=1S/C6H10O2/c7-5-6-3-1-2-4-8-6/h5-6H,1-4H2/t6-/m0/s1. The predicted molar refractivity (Wildman–Crippen MR) is 29.7 cm³/mol. The van der Waals surface area contributed by atoms with Crippen LogP contribution >= 0.6 is 0 Å². The molecule has 1 aliphatic heterocycles. The number of carbonyl (C=O) groups excluding carboxylic acids is 1. The fourth-order valence-electron chi connectivity index (χ4n) is 0.873. The van der Waals surface area contributed by atoms with Gasteiger partial charge >= 0.3 is 0 Å². The van der Waals surface area contributed by atoms with Crippen molar-refractivity contribution >= 4 is 6.29 Å². The van der Waals surface area contributed by atoms with Gasteiger partial charge in [0.05, 0.1) is 0 Å². The molecule has 0 aromatic carbocycles. The second kappa shape index (κ2) is 2.82. The normalized spacial score (nSPS) is 29.8. The molecule has 0 saturated carbocycles. The highest BCUT2D eigenvalue weighted by Gasteiger charge is 2.10. The number of aldehydes is 1. The van der Waals surface area contributed by atoms with Crippen molar-refractivity contribution in [3.63, 3.8) is 0 Å². The SMILES string of the molecule is O=C[C@@H]1CCCCO1. The Morgan fingerprint density at radius 2 is 2.38 bits per heavy atom. The topological polar surface area (TPSA) is 26.3 Å². The Balaban J connectivity index is 2.22. The van der Waals surface area contributed by atoms with Crippen molar-refractivity contribution in [3.05, 3.63) is 0 Å². The summed E-state index contributed by atoms with van der Waals surface area (Å²) in [6.07, 6.45) is 3.97. The predicted octanol–water partition coefficient (Wildman–Crippen LogP) is 0.754. The maximum absolute atomic E-state index is 10.0. The maximum atomic E-state index is 10.0. The van der Waals surface area contributed by atoms with Crippen LogP contribution in [0.2, 0.25) is 0 Å². The van der Waals surface area contributed by atoms with Gasteiger partial charge in [0.2, 0.25) is 0 Å². The third-order valence-corrected chi connectivity index (χ3v) is 1.37. The van der Waals surface area contributed by atoms with Gasteiger partial charge in [0.1, 0.15) is 12.4 Å². The van der Waals surface area contributed by atoms with Crippen molar-refractivity contribution in [3.8, 4) is 0 Å². The largest absolute Gasteiger partial charge is 0.371 e. The van der Waals surface area contributed by atoms with E-state index in [2.05, 4.69) is 0 Å². The Morgan fingerprint density at radius 1 is 1.50 bits per heavy atom. The van der Waals surface area contributed by atoms with Crippen LogP contribution in [0, 0.1) is 0 Å². The van der Waals surface area contributed by atoms with E-state index in [1.807, 2.05) is 0 Å². The first-order chi connectivity index (χ1) is 3.93.